The van der Waals surface area contributed by atoms with Gasteiger partial charge in [-0.15, -0.1) is 11.3 Å². The summed E-state index contributed by atoms with van der Waals surface area (Å²) in [6.07, 6.45) is 10.1. The van der Waals surface area contributed by atoms with Gasteiger partial charge in [-0.25, -0.2) is 14.3 Å². The van der Waals surface area contributed by atoms with E-state index in [2.05, 4.69) is 15.5 Å². The molecule has 4 aliphatic rings. The number of rotatable bonds is 8. The summed E-state index contributed by atoms with van der Waals surface area (Å²) < 4.78 is 1.87. The Morgan fingerprint density at radius 1 is 1.21 bits per heavy atom. The van der Waals surface area contributed by atoms with Crippen molar-refractivity contribution in [2.75, 3.05) is 17.2 Å². The van der Waals surface area contributed by atoms with Gasteiger partial charge in [0.1, 0.15) is 30.6 Å². The number of allylic oxidation sites excluding steroid dienone is 2. The number of hydrogen-bond acceptors (Lipinski definition) is 9. The van der Waals surface area contributed by atoms with E-state index >= 15 is 0 Å². The number of thiazole rings is 1. The third-order valence-corrected chi connectivity index (χ3v) is 8.96. The molecule has 0 unspecified atom stereocenters. The SMILES string of the molecule is C[n+]1ccc(N2CCC(=CC3=C(C(=O)O)N4C(=O)[C@@H](NC(=O)/C(=N\OC5CCCC5)c5csc(N)n5)[C@H]4CC3)C2=O)cc1. The molecular formula is C29H32N7O6S+. The summed E-state index contributed by atoms with van der Waals surface area (Å²) in [5, 5.41) is 18.8. The summed E-state index contributed by atoms with van der Waals surface area (Å²) in [4.78, 5) is 64.9. The standard InChI is InChI=1S/C29H31N7O6S/c1-34-11-9-18(10-12-34)35-13-8-17(26(35)38)14-16-6-7-21-23(27(39)36(21)24(16)28(40)41)32-25(37)22(20-15-43-29(30)31-20)33-42-19-4-2-3-5-19/h9-12,14-15,19,21,23H,2-8,13H2,1H3,(H3-,30,31,32,37,40,41)/p+1/b17-14?,33-22-/t21-,23+/m1/s1. The number of carbonyl (C=O) groups is 4. The van der Waals surface area contributed by atoms with Gasteiger partial charge in [0, 0.05) is 29.6 Å². The van der Waals surface area contributed by atoms with E-state index in [1.807, 2.05) is 36.1 Å². The lowest BCUT2D eigenvalue weighted by atomic mass is 9.82. The van der Waals surface area contributed by atoms with Crippen LogP contribution in [0.15, 0.2) is 58.0 Å². The number of nitrogens with zero attached hydrogens (tertiary/aromatic N) is 5. The van der Waals surface area contributed by atoms with Crippen molar-refractivity contribution in [1.82, 2.24) is 15.2 Å². The van der Waals surface area contributed by atoms with E-state index in [0.717, 1.165) is 42.7 Å². The molecule has 3 amide bonds. The highest BCUT2D eigenvalue weighted by Gasteiger charge is 2.53. The summed E-state index contributed by atoms with van der Waals surface area (Å²) in [5.41, 5.74) is 7.43. The molecule has 5 heterocycles. The first-order chi connectivity index (χ1) is 20.7. The zero-order chi connectivity index (χ0) is 30.2. The highest BCUT2D eigenvalue weighted by atomic mass is 32.1. The lowest BCUT2D eigenvalue weighted by Crippen LogP contribution is -2.72. The van der Waals surface area contributed by atoms with Crippen LogP contribution in [0.1, 0.15) is 50.6 Å². The lowest BCUT2D eigenvalue weighted by molar-refractivity contribution is -0.671. The fourth-order valence-electron chi connectivity index (χ4n) is 6.04. The van der Waals surface area contributed by atoms with Gasteiger partial charge in [-0.1, -0.05) is 5.16 Å². The fourth-order valence-corrected chi connectivity index (χ4v) is 6.59. The first-order valence-corrected chi connectivity index (χ1v) is 15.1. The van der Waals surface area contributed by atoms with Gasteiger partial charge in [0.15, 0.2) is 23.2 Å². The quantitative estimate of drug-likeness (QED) is 0.133. The molecule has 43 heavy (non-hydrogen) atoms. The Morgan fingerprint density at radius 2 is 1.95 bits per heavy atom. The number of pyridine rings is 1. The van der Waals surface area contributed by atoms with E-state index in [0.29, 0.717) is 37.0 Å². The minimum Gasteiger partial charge on any atom is -0.477 e. The second kappa shape index (κ2) is 11.6. The summed E-state index contributed by atoms with van der Waals surface area (Å²) in [6.45, 7) is 0.479. The Bertz CT molecular complexity index is 1570. The molecule has 3 aliphatic heterocycles. The van der Waals surface area contributed by atoms with E-state index in [-0.39, 0.29) is 34.2 Å². The Hall–Kier alpha value is -4.59. The molecule has 1 aliphatic carbocycles. The smallest absolute Gasteiger partial charge is 0.352 e. The number of nitrogens with one attached hydrogen (secondary N) is 1. The molecule has 0 aromatic carbocycles. The number of carbonyl (C=O) groups excluding carboxylic acids is 3. The van der Waals surface area contributed by atoms with Crippen LogP contribution in [0.25, 0.3) is 0 Å². The molecule has 2 atom stereocenters. The second-order valence-corrected chi connectivity index (χ2v) is 12.0. The largest absolute Gasteiger partial charge is 0.477 e. The number of nitrogen functional groups attached to an aromatic ring is 1. The van der Waals surface area contributed by atoms with Crippen molar-refractivity contribution < 1.29 is 33.7 Å². The number of β-lactam (4-membered cyclic amide) rings is 1. The minimum atomic E-state index is -1.27. The summed E-state index contributed by atoms with van der Waals surface area (Å²) >= 11 is 1.15. The third-order valence-electron chi connectivity index (χ3n) is 8.28. The molecule has 2 aromatic heterocycles. The predicted octanol–water partition coefficient (Wildman–Crippen LogP) is 1.40. The van der Waals surface area contributed by atoms with E-state index < -0.39 is 29.9 Å². The maximum absolute atomic E-state index is 13.3. The van der Waals surface area contributed by atoms with Crippen LogP contribution < -0.4 is 20.5 Å². The van der Waals surface area contributed by atoms with E-state index in [1.165, 1.54) is 4.90 Å². The summed E-state index contributed by atoms with van der Waals surface area (Å²) in [7, 11) is 1.89. The van der Waals surface area contributed by atoms with Crippen LogP contribution in [-0.2, 0) is 31.1 Å². The Morgan fingerprint density at radius 3 is 2.63 bits per heavy atom. The molecule has 0 spiro atoms. The van der Waals surface area contributed by atoms with Crippen molar-refractivity contribution in [1.29, 1.82) is 0 Å². The Labute approximate surface area is 251 Å². The van der Waals surface area contributed by atoms with Crippen LogP contribution >= 0.6 is 11.3 Å². The first-order valence-electron chi connectivity index (χ1n) is 14.2. The lowest BCUT2D eigenvalue weighted by Gasteiger charge is -2.50. The van der Waals surface area contributed by atoms with Gasteiger partial charge in [0.2, 0.25) is 0 Å². The predicted molar refractivity (Wildman–Crippen MR) is 156 cm³/mol. The van der Waals surface area contributed by atoms with Gasteiger partial charge in [-0.3, -0.25) is 19.3 Å². The molecule has 0 bridgehead atoms. The highest BCUT2D eigenvalue weighted by molar-refractivity contribution is 7.13. The van der Waals surface area contributed by atoms with Crippen molar-refractivity contribution in [2.24, 2.45) is 12.2 Å². The number of carboxylic acids is 1. The number of amides is 3. The number of nitrogens with two attached hydrogens (primary N) is 1. The van der Waals surface area contributed by atoms with E-state index in [9.17, 15) is 24.3 Å². The second-order valence-electron chi connectivity index (χ2n) is 11.1. The molecule has 2 aromatic rings. The van der Waals surface area contributed by atoms with Crippen LogP contribution in [0.2, 0.25) is 0 Å². The summed E-state index contributed by atoms with van der Waals surface area (Å²) in [6, 6.07) is 2.21. The Balaban J connectivity index is 1.19. The van der Waals surface area contributed by atoms with E-state index in [1.54, 1.807) is 16.4 Å². The van der Waals surface area contributed by atoms with Gasteiger partial charge < -0.3 is 25.9 Å². The van der Waals surface area contributed by atoms with Crippen LogP contribution in [0.5, 0.6) is 0 Å². The molecule has 2 saturated heterocycles. The third kappa shape index (κ3) is 5.49. The maximum Gasteiger partial charge on any atom is 0.352 e. The molecule has 3 fully saturated rings. The molecule has 14 heteroatoms. The van der Waals surface area contributed by atoms with Crippen molar-refractivity contribution in [3.63, 3.8) is 0 Å². The van der Waals surface area contributed by atoms with Gasteiger partial charge in [-0.2, -0.15) is 0 Å². The average Bonchev–Trinajstić information content (AvgIpc) is 3.75. The molecule has 224 valence electrons. The van der Waals surface area contributed by atoms with Crippen LogP contribution in [0, 0.1) is 0 Å². The Kier molecular flexibility index (Phi) is 7.69. The van der Waals surface area contributed by atoms with Gasteiger partial charge in [0.05, 0.1) is 11.7 Å². The van der Waals surface area contributed by atoms with Gasteiger partial charge >= 0.3 is 5.97 Å². The number of anilines is 2. The van der Waals surface area contributed by atoms with E-state index in [4.69, 9.17) is 10.6 Å². The molecule has 4 N–H and O–H groups in total. The molecule has 6 rings (SSSR count). The number of hydrogen-bond donors (Lipinski definition) is 3. The molecule has 0 radical (unpaired) electrons. The zero-order valence-corrected chi connectivity index (χ0v) is 24.4. The number of aryl methyl sites for hydroxylation is 1. The molecule has 1 saturated carbocycles. The first kappa shape index (κ1) is 28.5. The zero-order valence-electron chi connectivity index (χ0n) is 23.6. The number of carboxylic acid groups (broad SMARTS) is 1. The average molecular weight is 607 g/mol. The van der Waals surface area contributed by atoms with Crippen LogP contribution in [-0.4, -0.2) is 69.1 Å². The fraction of sp³-hybridized carbons (Fsp3) is 0.414. The molecular weight excluding hydrogens is 574 g/mol. The van der Waals surface area contributed by atoms with Crippen molar-refractivity contribution >= 4 is 51.6 Å². The normalized spacial score (nSPS) is 23.6. The highest BCUT2D eigenvalue weighted by Crippen LogP contribution is 2.38. The maximum atomic E-state index is 13.3. The number of aliphatic carboxylic acids is 1. The van der Waals surface area contributed by atoms with Crippen molar-refractivity contribution in [2.45, 2.75) is 63.1 Å². The van der Waals surface area contributed by atoms with Gasteiger partial charge in [0.25, 0.3) is 17.7 Å². The summed E-state index contributed by atoms with van der Waals surface area (Å²) in [5.74, 6) is -2.65. The minimum absolute atomic E-state index is 0.0854. The molecule has 13 nitrogen and oxygen atoms in total. The monoisotopic (exact) mass is 606 g/mol. The topological polar surface area (TPSA) is 171 Å². The van der Waals surface area contributed by atoms with Crippen molar-refractivity contribution in [3.05, 3.63) is 58.5 Å². The van der Waals surface area contributed by atoms with Crippen LogP contribution in [0.4, 0.5) is 10.8 Å². The number of oxime groups is 1. The van der Waals surface area contributed by atoms with Crippen molar-refractivity contribution in [3.8, 4) is 0 Å². The number of fused-ring (bicyclic) bond motifs is 1. The van der Waals surface area contributed by atoms with Gasteiger partial charge in [-0.05, 0) is 56.6 Å². The number of aromatic nitrogens is 2. The van der Waals surface area contributed by atoms with Crippen LogP contribution in [0.3, 0.4) is 0 Å².